The van der Waals surface area contributed by atoms with Crippen molar-refractivity contribution in [2.75, 3.05) is 0 Å². The van der Waals surface area contributed by atoms with E-state index < -0.39 is 48.3 Å². The van der Waals surface area contributed by atoms with Crippen molar-refractivity contribution in [3.63, 3.8) is 0 Å². The molecule has 0 aromatic carbocycles. The molecule has 0 aliphatic rings. The highest BCUT2D eigenvalue weighted by atomic mass is 16.4. The molecule has 0 aliphatic heterocycles. The summed E-state index contributed by atoms with van der Waals surface area (Å²) in [5, 5.41) is 21.8. The lowest BCUT2D eigenvalue weighted by molar-refractivity contribution is -0.147. The minimum Gasteiger partial charge on any atom is -0.481 e. The van der Waals surface area contributed by atoms with Crippen LogP contribution in [0, 0.1) is 5.92 Å². The smallest absolute Gasteiger partial charge is 0.326 e. The van der Waals surface area contributed by atoms with Gasteiger partial charge in [-0.15, -0.1) is 0 Å². The van der Waals surface area contributed by atoms with Crippen molar-refractivity contribution >= 4 is 23.8 Å². The van der Waals surface area contributed by atoms with E-state index in [2.05, 4.69) is 10.6 Å². The maximum Gasteiger partial charge on any atom is 0.326 e. The Bertz CT molecular complexity index is 437. The van der Waals surface area contributed by atoms with Crippen LogP contribution in [0.2, 0.25) is 0 Å². The number of carbonyl (C=O) groups is 4. The molecular formula is C13H23N3O6. The van der Waals surface area contributed by atoms with E-state index in [-0.39, 0.29) is 5.92 Å². The van der Waals surface area contributed by atoms with Crippen molar-refractivity contribution in [1.82, 2.24) is 10.6 Å². The average Bonchev–Trinajstić information content (AvgIpc) is 2.35. The average molecular weight is 317 g/mol. The second-order valence-electron chi connectivity index (χ2n) is 5.46. The lowest BCUT2D eigenvalue weighted by atomic mass is 10.0. The van der Waals surface area contributed by atoms with Gasteiger partial charge >= 0.3 is 11.9 Å². The summed E-state index contributed by atoms with van der Waals surface area (Å²) in [5.41, 5.74) is 5.67. The van der Waals surface area contributed by atoms with E-state index in [1.54, 1.807) is 0 Å². The van der Waals surface area contributed by atoms with Gasteiger partial charge in [0.05, 0.1) is 12.5 Å². The summed E-state index contributed by atoms with van der Waals surface area (Å²) in [6.07, 6.45) is -0.314. The van der Waals surface area contributed by atoms with Crippen LogP contribution < -0.4 is 16.4 Å². The van der Waals surface area contributed by atoms with Gasteiger partial charge < -0.3 is 26.6 Å². The van der Waals surface area contributed by atoms with Gasteiger partial charge in [0.15, 0.2) is 0 Å². The Morgan fingerprint density at radius 3 is 1.95 bits per heavy atom. The van der Waals surface area contributed by atoms with E-state index in [0.717, 1.165) is 0 Å². The zero-order chi connectivity index (χ0) is 17.4. The molecule has 3 atom stereocenters. The van der Waals surface area contributed by atoms with E-state index in [0.29, 0.717) is 6.42 Å². The van der Waals surface area contributed by atoms with Crippen LogP contribution >= 0.6 is 0 Å². The highest BCUT2D eigenvalue weighted by Crippen LogP contribution is 2.03. The number of amides is 2. The first-order chi connectivity index (χ1) is 10.0. The SMILES string of the molecule is CC(C)C[C@H](N)C(=O)N[C@@H](C)C(=O)N[C@@H](CC(=O)O)C(=O)O. The van der Waals surface area contributed by atoms with Gasteiger partial charge in [-0.1, -0.05) is 13.8 Å². The summed E-state index contributed by atoms with van der Waals surface area (Å²) in [7, 11) is 0. The Kier molecular flexibility index (Phi) is 8.10. The second-order valence-corrected chi connectivity index (χ2v) is 5.46. The van der Waals surface area contributed by atoms with Crippen molar-refractivity contribution in [1.29, 1.82) is 0 Å². The predicted molar refractivity (Wildman–Crippen MR) is 76.9 cm³/mol. The molecule has 0 fully saturated rings. The molecule has 9 nitrogen and oxygen atoms in total. The molecule has 0 heterocycles. The molecule has 0 aromatic heterocycles. The van der Waals surface area contributed by atoms with Crippen LogP contribution in [0.25, 0.3) is 0 Å². The fraction of sp³-hybridized carbons (Fsp3) is 0.692. The number of aliphatic carboxylic acids is 2. The summed E-state index contributed by atoms with van der Waals surface area (Å²) < 4.78 is 0. The third kappa shape index (κ3) is 7.58. The number of hydrogen-bond donors (Lipinski definition) is 5. The Morgan fingerprint density at radius 2 is 1.55 bits per heavy atom. The summed E-state index contributed by atoms with van der Waals surface area (Å²) in [6.45, 7) is 5.15. The van der Waals surface area contributed by atoms with Gasteiger partial charge in [-0.05, 0) is 19.3 Å². The van der Waals surface area contributed by atoms with Crippen LogP contribution in [-0.2, 0) is 19.2 Å². The molecule has 9 heteroatoms. The Labute approximate surface area is 128 Å². The van der Waals surface area contributed by atoms with Crippen LogP contribution in [-0.4, -0.2) is 52.1 Å². The molecule has 0 saturated heterocycles. The number of nitrogens with one attached hydrogen (secondary N) is 2. The van der Waals surface area contributed by atoms with E-state index in [4.69, 9.17) is 15.9 Å². The van der Waals surface area contributed by atoms with Crippen molar-refractivity contribution in [3.8, 4) is 0 Å². The van der Waals surface area contributed by atoms with E-state index in [1.165, 1.54) is 6.92 Å². The zero-order valence-electron chi connectivity index (χ0n) is 12.8. The standard InChI is InChI=1S/C13H23N3O6/c1-6(2)4-8(14)12(20)15-7(3)11(19)16-9(13(21)22)5-10(17)18/h6-9H,4-5,14H2,1-3H3,(H,15,20)(H,16,19)(H,17,18)(H,21,22)/t7-,8-,9-/m0/s1. The van der Waals surface area contributed by atoms with Crippen molar-refractivity contribution in [2.45, 2.75) is 51.7 Å². The topological polar surface area (TPSA) is 159 Å². The monoisotopic (exact) mass is 317 g/mol. The lowest BCUT2D eigenvalue weighted by Gasteiger charge is -2.20. The quantitative estimate of drug-likeness (QED) is 0.361. The molecule has 2 amide bonds. The van der Waals surface area contributed by atoms with Gasteiger partial charge in [0, 0.05) is 0 Å². The molecule has 6 N–H and O–H groups in total. The third-order valence-corrected chi connectivity index (χ3v) is 2.81. The summed E-state index contributed by atoms with van der Waals surface area (Å²) in [5.74, 6) is -3.94. The number of nitrogens with two attached hydrogens (primary N) is 1. The maximum absolute atomic E-state index is 11.8. The van der Waals surface area contributed by atoms with Gasteiger partial charge in [0.1, 0.15) is 12.1 Å². The fourth-order valence-electron chi connectivity index (χ4n) is 1.67. The Morgan fingerprint density at radius 1 is 1.00 bits per heavy atom. The van der Waals surface area contributed by atoms with Gasteiger partial charge in [0.25, 0.3) is 0 Å². The normalized spacial score (nSPS) is 14.8. The van der Waals surface area contributed by atoms with Crippen molar-refractivity contribution in [3.05, 3.63) is 0 Å². The first-order valence-electron chi connectivity index (χ1n) is 6.85. The van der Waals surface area contributed by atoms with Crippen LogP contribution in [0.5, 0.6) is 0 Å². The molecule has 0 spiro atoms. The zero-order valence-corrected chi connectivity index (χ0v) is 12.8. The fourth-order valence-corrected chi connectivity index (χ4v) is 1.67. The Balaban J connectivity index is 4.55. The van der Waals surface area contributed by atoms with E-state index in [9.17, 15) is 19.2 Å². The van der Waals surface area contributed by atoms with E-state index in [1.807, 2.05) is 13.8 Å². The minimum atomic E-state index is -1.56. The highest BCUT2D eigenvalue weighted by molar-refractivity contribution is 5.92. The molecule has 0 aliphatic carbocycles. The molecular weight excluding hydrogens is 294 g/mol. The number of carbonyl (C=O) groups excluding carboxylic acids is 2. The van der Waals surface area contributed by atoms with Gasteiger partial charge in [-0.3, -0.25) is 14.4 Å². The largest absolute Gasteiger partial charge is 0.481 e. The van der Waals surface area contributed by atoms with Crippen LogP contribution in [0.3, 0.4) is 0 Å². The molecule has 0 saturated carbocycles. The molecule has 0 bridgehead atoms. The van der Waals surface area contributed by atoms with Crippen LogP contribution in [0.15, 0.2) is 0 Å². The van der Waals surface area contributed by atoms with Crippen molar-refractivity contribution in [2.24, 2.45) is 11.7 Å². The highest BCUT2D eigenvalue weighted by Gasteiger charge is 2.27. The van der Waals surface area contributed by atoms with Crippen molar-refractivity contribution < 1.29 is 29.4 Å². The van der Waals surface area contributed by atoms with Gasteiger partial charge in [-0.25, -0.2) is 4.79 Å². The van der Waals surface area contributed by atoms with Gasteiger partial charge in [-0.2, -0.15) is 0 Å². The molecule has 0 unspecified atom stereocenters. The number of hydrogen-bond acceptors (Lipinski definition) is 5. The summed E-state index contributed by atoms with van der Waals surface area (Å²) in [4.78, 5) is 45.0. The van der Waals surface area contributed by atoms with Gasteiger partial charge in [0.2, 0.25) is 11.8 Å². The first-order valence-corrected chi connectivity index (χ1v) is 6.85. The molecule has 0 rings (SSSR count). The molecule has 22 heavy (non-hydrogen) atoms. The summed E-state index contributed by atoms with van der Waals surface area (Å²) >= 11 is 0. The lowest BCUT2D eigenvalue weighted by Crippen LogP contribution is -2.53. The maximum atomic E-state index is 11.8. The minimum absolute atomic E-state index is 0.205. The molecule has 126 valence electrons. The second kappa shape index (κ2) is 8.98. The Hall–Kier alpha value is -2.16. The van der Waals surface area contributed by atoms with Crippen LogP contribution in [0.4, 0.5) is 0 Å². The number of rotatable bonds is 9. The van der Waals surface area contributed by atoms with Crippen LogP contribution in [0.1, 0.15) is 33.6 Å². The number of carboxylic acids is 2. The molecule has 0 aromatic rings. The summed E-state index contributed by atoms with van der Waals surface area (Å²) in [6, 6.07) is -3.36. The first kappa shape index (κ1) is 19.8. The number of carboxylic acid groups (broad SMARTS) is 2. The predicted octanol–water partition coefficient (Wildman–Crippen LogP) is -1.09. The third-order valence-electron chi connectivity index (χ3n) is 2.81. The van der Waals surface area contributed by atoms with E-state index >= 15 is 0 Å². The molecule has 0 radical (unpaired) electrons.